The van der Waals surface area contributed by atoms with Gasteiger partial charge >= 0.3 is 0 Å². The lowest BCUT2D eigenvalue weighted by Gasteiger charge is -2.56. The van der Waals surface area contributed by atoms with Crippen LogP contribution in [0.15, 0.2) is 42.5 Å². The number of ether oxygens (including phenoxy) is 1. The molecule has 0 radical (unpaired) electrons. The molecule has 1 amide bonds. The van der Waals surface area contributed by atoms with Crippen LogP contribution in [0.25, 0.3) is 16.6 Å². The number of amides is 1. The monoisotopic (exact) mass is 408 g/mol. The molecule has 1 aliphatic carbocycles. The molecule has 0 bridgehead atoms. The first-order chi connectivity index (χ1) is 14.1. The zero-order chi connectivity index (χ0) is 21.5. The lowest BCUT2D eigenvalue weighted by Crippen LogP contribution is -2.59. The fraction of sp³-hybridized carbons (Fsp3) is 0.375. The number of hydrogen-bond acceptors (Lipinski definition) is 3. The second-order valence-corrected chi connectivity index (χ2v) is 9.65. The highest BCUT2D eigenvalue weighted by Crippen LogP contribution is 2.62. The second kappa shape index (κ2) is 5.85. The molecule has 2 heterocycles. The van der Waals surface area contributed by atoms with Crippen molar-refractivity contribution < 1.29 is 19.0 Å². The number of phenols is 1. The average Bonchev–Trinajstić information content (AvgIpc) is 3.02. The molecular weight excluding hydrogens is 383 g/mol. The third-order valence-electron chi connectivity index (χ3n) is 6.81. The van der Waals surface area contributed by atoms with Gasteiger partial charge in [0.15, 0.2) is 0 Å². The number of carbonyl (C=O) groups is 1. The standard InChI is InChI=1S/C24H25FN2O3/c1-22(2)13-30-24(11-23(3,12-24)21(26)29)19-18-16(5-4-6-17(18)28)27(20(19)22)15-9-7-14(25)8-10-15/h4-10,28H,11-13H2,1-3H3,(H2,26,29). The number of rotatable bonds is 2. The molecule has 0 saturated heterocycles. The van der Waals surface area contributed by atoms with Gasteiger partial charge in [0.25, 0.3) is 0 Å². The van der Waals surface area contributed by atoms with Crippen LogP contribution < -0.4 is 5.73 Å². The van der Waals surface area contributed by atoms with Gasteiger partial charge in [0.05, 0.1) is 23.1 Å². The molecule has 1 aliphatic heterocycles. The first kappa shape index (κ1) is 19.1. The number of phenolic OH excluding ortho intramolecular Hbond substituents is 1. The van der Waals surface area contributed by atoms with Crippen LogP contribution in [0.3, 0.4) is 0 Å². The van der Waals surface area contributed by atoms with Crippen molar-refractivity contribution in [1.29, 1.82) is 0 Å². The number of nitrogens with two attached hydrogens (primary N) is 1. The summed E-state index contributed by atoms with van der Waals surface area (Å²) >= 11 is 0. The molecule has 30 heavy (non-hydrogen) atoms. The molecule has 3 N–H and O–H groups in total. The van der Waals surface area contributed by atoms with Crippen molar-refractivity contribution in [3.8, 4) is 11.4 Å². The van der Waals surface area contributed by atoms with Crippen molar-refractivity contribution >= 4 is 16.8 Å². The van der Waals surface area contributed by atoms with E-state index in [1.165, 1.54) is 12.1 Å². The third-order valence-corrected chi connectivity index (χ3v) is 6.81. The number of fused-ring (bicyclic) bond motifs is 4. The van der Waals surface area contributed by atoms with Gasteiger partial charge in [0.1, 0.15) is 11.6 Å². The number of carbonyl (C=O) groups excluding carboxylic acids is 1. The molecule has 6 heteroatoms. The van der Waals surface area contributed by atoms with E-state index in [0.717, 1.165) is 27.8 Å². The molecule has 2 aromatic carbocycles. The van der Waals surface area contributed by atoms with E-state index >= 15 is 0 Å². The molecule has 0 unspecified atom stereocenters. The number of aromatic nitrogens is 1. The van der Waals surface area contributed by atoms with E-state index in [1.54, 1.807) is 24.3 Å². The first-order valence-electron chi connectivity index (χ1n) is 10.2. The van der Waals surface area contributed by atoms with Crippen LogP contribution >= 0.6 is 0 Å². The van der Waals surface area contributed by atoms with E-state index in [1.807, 2.05) is 13.0 Å². The minimum absolute atomic E-state index is 0.165. The Morgan fingerprint density at radius 1 is 1.13 bits per heavy atom. The molecule has 5 rings (SSSR count). The van der Waals surface area contributed by atoms with Gasteiger partial charge < -0.3 is 20.1 Å². The quantitative estimate of drug-likeness (QED) is 0.665. The lowest BCUT2D eigenvalue weighted by atomic mass is 9.55. The number of benzene rings is 2. The Labute approximate surface area is 174 Å². The van der Waals surface area contributed by atoms with Gasteiger partial charge in [-0.05, 0) is 49.2 Å². The summed E-state index contributed by atoms with van der Waals surface area (Å²) in [6, 6.07) is 11.8. The van der Waals surface area contributed by atoms with E-state index in [9.17, 15) is 14.3 Å². The van der Waals surface area contributed by atoms with Crippen LogP contribution in [0.5, 0.6) is 5.75 Å². The molecule has 1 spiro atoms. The maximum absolute atomic E-state index is 13.6. The molecule has 1 aromatic heterocycles. The number of halogens is 1. The maximum Gasteiger partial charge on any atom is 0.223 e. The highest BCUT2D eigenvalue weighted by Gasteiger charge is 2.62. The minimum Gasteiger partial charge on any atom is -0.507 e. The fourth-order valence-corrected chi connectivity index (χ4v) is 5.39. The lowest BCUT2D eigenvalue weighted by molar-refractivity contribution is -0.193. The summed E-state index contributed by atoms with van der Waals surface area (Å²) in [6.45, 7) is 6.52. The van der Waals surface area contributed by atoms with E-state index < -0.39 is 11.0 Å². The van der Waals surface area contributed by atoms with Crippen LogP contribution in [-0.4, -0.2) is 22.2 Å². The Kier molecular flexibility index (Phi) is 3.73. The van der Waals surface area contributed by atoms with Gasteiger partial charge in [-0.15, -0.1) is 0 Å². The Hall–Kier alpha value is -2.86. The number of primary amides is 1. The topological polar surface area (TPSA) is 77.5 Å². The molecule has 5 nitrogen and oxygen atoms in total. The molecule has 2 aliphatic rings. The minimum atomic E-state index is -0.684. The van der Waals surface area contributed by atoms with Crippen LogP contribution in [0.1, 0.15) is 44.9 Å². The van der Waals surface area contributed by atoms with Gasteiger partial charge in [0.2, 0.25) is 5.91 Å². The zero-order valence-corrected chi connectivity index (χ0v) is 17.3. The largest absolute Gasteiger partial charge is 0.507 e. The van der Waals surface area contributed by atoms with Crippen molar-refractivity contribution in [2.24, 2.45) is 11.1 Å². The van der Waals surface area contributed by atoms with Crippen molar-refractivity contribution in [2.75, 3.05) is 6.61 Å². The molecule has 1 fully saturated rings. The predicted octanol–water partition coefficient (Wildman–Crippen LogP) is 4.26. The summed E-state index contributed by atoms with van der Waals surface area (Å²) in [5, 5.41) is 11.6. The van der Waals surface area contributed by atoms with Gasteiger partial charge in [-0.25, -0.2) is 4.39 Å². The van der Waals surface area contributed by atoms with E-state index in [4.69, 9.17) is 10.5 Å². The molecule has 3 aromatic rings. The van der Waals surface area contributed by atoms with E-state index in [2.05, 4.69) is 18.4 Å². The van der Waals surface area contributed by atoms with Crippen LogP contribution in [-0.2, 0) is 20.5 Å². The van der Waals surface area contributed by atoms with Crippen molar-refractivity contribution in [3.63, 3.8) is 0 Å². The Morgan fingerprint density at radius 3 is 2.43 bits per heavy atom. The third kappa shape index (κ3) is 2.40. The Bertz CT molecular complexity index is 1190. The number of hydrogen-bond donors (Lipinski definition) is 2. The van der Waals surface area contributed by atoms with Crippen molar-refractivity contribution in [1.82, 2.24) is 4.57 Å². The Balaban J connectivity index is 1.85. The number of nitrogens with zero attached hydrogens (tertiary/aromatic N) is 1. The normalized spacial score (nSPS) is 27.1. The smallest absolute Gasteiger partial charge is 0.223 e. The summed E-state index contributed by atoms with van der Waals surface area (Å²) < 4.78 is 22.2. The van der Waals surface area contributed by atoms with Crippen molar-refractivity contribution in [2.45, 2.75) is 44.6 Å². The molecule has 156 valence electrons. The Morgan fingerprint density at radius 2 is 1.80 bits per heavy atom. The molecule has 1 saturated carbocycles. The highest BCUT2D eigenvalue weighted by atomic mass is 19.1. The average molecular weight is 408 g/mol. The summed E-state index contributed by atoms with van der Waals surface area (Å²) in [5.41, 5.74) is 7.55. The predicted molar refractivity (Wildman–Crippen MR) is 112 cm³/mol. The van der Waals surface area contributed by atoms with Crippen molar-refractivity contribution in [3.05, 3.63) is 59.5 Å². The van der Waals surface area contributed by atoms with Crippen LogP contribution in [0.2, 0.25) is 0 Å². The summed E-state index contributed by atoms with van der Waals surface area (Å²) in [7, 11) is 0. The first-order valence-corrected chi connectivity index (χ1v) is 10.2. The second-order valence-electron chi connectivity index (χ2n) is 9.65. The fourth-order valence-electron chi connectivity index (χ4n) is 5.39. The van der Waals surface area contributed by atoms with Crippen LogP contribution in [0.4, 0.5) is 4.39 Å². The zero-order valence-electron chi connectivity index (χ0n) is 17.3. The van der Waals surface area contributed by atoms with Crippen LogP contribution in [0, 0.1) is 11.2 Å². The SMILES string of the molecule is CC1(C(N)=O)CC2(C1)OCC(C)(C)c1c2c2c(O)cccc2n1-c1ccc(F)cc1. The maximum atomic E-state index is 13.6. The van der Waals surface area contributed by atoms with Gasteiger partial charge in [-0.1, -0.05) is 26.8 Å². The summed E-state index contributed by atoms with van der Waals surface area (Å²) in [5.74, 6) is -0.477. The summed E-state index contributed by atoms with van der Waals surface area (Å²) in [6.07, 6.45) is 0.935. The van der Waals surface area contributed by atoms with E-state index in [0.29, 0.717) is 19.4 Å². The molecular formula is C24H25FN2O3. The van der Waals surface area contributed by atoms with Gasteiger partial charge in [-0.3, -0.25) is 4.79 Å². The summed E-state index contributed by atoms with van der Waals surface area (Å²) in [4.78, 5) is 12.0. The van der Waals surface area contributed by atoms with Gasteiger partial charge in [0, 0.05) is 27.7 Å². The number of aromatic hydroxyl groups is 1. The molecule has 0 atom stereocenters. The van der Waals surface area contributed by atoms with Gasteiger partial charge in [-0.2, -0.15) is 0 Å². The highest BCUT2D eigenvalue weighted by molar-refractivity contribution is 5.95. The van der Waals surface area contributed by atoms with E-state index in [-0.39, 0.29) is 22.9 Å².